The molecule has 1 aromatic rings. The summed E-state index contributed by atoms with van der Waals surface area (Å²) >= 11 is 0. The van der Waals surface area contributed by atoms with Crippen molar-refractivity contribution in [3.63, 3.8) is 0 Å². The molecule has 0 bridgehead atoms. The van der Waals surface area contributed by atoms with Gasteiger partial charge < -0.3 is 15.4 Å². The number of nitrogens with one attached hydrogen (secondary N) is 2. The van der Waals surface area contributed by atoms with Crippen molar-refractivity contribution in [2.24, 2.45) is 4.99 Å². The second kappa shape index (κ2) is 8.89. The lowest BCUT2D eigenvalue weighted by molar-refractivity contribution is 0.0170. The van der Waals surface area contributed by atoms with E-state index < -0.39 is 0 Å². The Hall–Kier alpha value is -1.59. The lowest BCUT2D eigenvalue weighted by Crippen LogP contribution is -2.47. The monoisotopic (exact) mass is 318 g/mol. The van der Waals surface area contributed by atoms with E-state index in [0.29, 0.717) is 12.1 Å². The molecule has 0 aromatic heterocycles. The zero-order valence-corrected chi connectivity index (χ0v) is 14.8. The van der Waals surface area contributed by atoms with Crippen LogP contribution in [0.2, 0.25) is 0 Å². The number of aryl methyl sites for hydroxylation is 1. The second-order valence-corrected chi connectivity index (χ2v) is 6.33. The third-order valence-electron chi connectivity index (χ3n) is 4.06. The molecule has 2 N–H and O–H groups in total. The molecule has 1 aliphatic rings. The highest BCUT2D eigenvalue weighted by molar-refractivity contribution is 5.79. The number of ether oxygens (including phenoxy) is 1. The fourth-order valence-corrected chi connectivity index (χ4v) is 2.80. The van der Waals surface area contributed by atoms with E-state index in [2.05, 4.69) is 65.6 Å². The van der Waals surface area contributed by atoms with Gasteiger partial charge in [0.15, 0.2) is 5.96 Å². The molecule has 2 rings (SSSR count). The van der Waals surface area contributed by atoms with E-state index >= 15 is 0 Å². The maximum Gasteiger partial charge on any atom is 0.191 e. The van der Waals surface area contributed by atoms with Crippen LogP contribution in [-0.2, 0) is 4.74 Å². The van der Waals surface area contributed by atoms with Gasteiger partial charge in [-0.3, -0.25) is 9.89 Å². The van der Waals surface area contributed by atoms with Crippen molar-refractivity contribution in [2.45, 2.75) is 32.9 Å². The first kappa shape index (κ1) is 17.8. The predicted molar refractivity (Wildman–Crippen MR) is 95.9 cm³/mol. The first-order chi connectivity index (χ1) is 11.1. The standard InChI is InChI=1S/C18H30N4O/c1-14(2)21-18(19-4)20-13-17(22-9-11-23-12-10-22)16-7-5-15(3)6-8-16/h5-8,14,17H,9-13H2,1-4H3,(H2,19,20,21). The van der Waals surface area contributed by atoms with E-state index in [4.69, 9.17) is 4.74 Å². The van der Waals surface area contributed by atoms with Gasteiger partial charge in [0.1, 0.15) is 0 Å². The van der Waals surface area contributed by atoms with Gasteiger partial charge in [-0.15, -0.1) is 0 Å². The molecule has 5 heteroatoms. The molecule has 0 amide bonds. The highest BCUT2D eigenvalue weighted by Gasteiger charge is 2.22. The third kappa shape index (κ3) is 5.52. The summed E-state index contributed by atoms with van der Waals surface area (Å²) in [7, 11) is 1.81. The Kier molecular flexibility index (Phi) is 6.86. The summed E-state index contributed by atoms with van der Waals surface area (Å²) in [5.41, 5.74) is 2.63. The Labute approximate surface area is 140 Å². The van der Waals surface area contributed by atoms with Gasteiger partial charge in [-0.25, -0.2) is 0 Å². The summed E-state index contributed by atoms with van der Waals surface area (Å²) in [5, 5.41) is 6.81. The van der Waals surface area contributed by atoms with Crippen LogP contribution in [0.3, 0.4) is 0 Å². The van der Waals surface area contributed by atoms with Crippen molar-refractivity contribution in [1.29, 1.82) is 0 Å². The van der Waals surface area contributed by atoms with E-state index in [9.17, 15) is 0 Å². The topological polar surface area (TPSA) is 48.9 Å². The quantitative estimate of drug-likeness (QED) is 0.643. The van der Waals surface area contributed by atoms with Gasteiger partial charge in [-0.05, 0) is 26.3 Å². The van der Waals surface area contributed by atoms with Crippen molar-refractivity contribution in [3.05, 3.63) is 35.4 Å². The van der Waals surface area contributed by atoms with Gasteiger partial charge in [-0.2, -0.15) is 0 Å². The molecule has 1 unspecified atom stereocenters. The smallest absolute Gasteiger partial charge is 0.191 e. The fourth-order valence-electron chi connectivity index (χ4n) is 2.80. The molecule has 23 heavy (non-hydrogen) atoms. The van der Waals surface area contributed by atoms with Crippen molar-refractivity contribution < 1.29 is 4.74 Å². The first-order valence-electron chi connectivity index (χ1n) is 8.45. The van der Waals surface area contributed by atoms with Gasteiger partial charge >= 0.3 is 0 Å². The molecule has 0 spiro atoms. The molecule has 128 valence electrons. The number of aliphatic imine (C=N–C) groups is 1. The predicted octanol–water partition coefficient (Wildman–Crippen LogP) is 1.94. The summed E-state index contributed by atoms with van der Waals surface area (Å²) in [6.07, 6.45) is 0. The summed E-state index contributed by atoms with van der Waals surface area (Å²) in [4.78, 5) is 6.79. The van der Waals surface area contributed by atoms with Crippen molar-refractivity contribution in [2.75, 3.05) is 39.9 Å². The molecule has 1 saturated heterocycles. The minimum absolute atomic E-state index is 0.324. The van der Waals surface area contributed by atoms with Gasteiger partial charge in [0, 0.05) is 32.7 Å². The molecular weight excluding hydrogens is 288 g/mol. The summed E-state index contributed by atoms with van der Waals surface area (Å²) in [6.45, 7) is 10.7. The third-order valence-corrected chi connectivity index (χ3v) is 4.06. The first-order valence-corrected chi connectivity index (χ1v) is 8.45. The number of hydrogen-bond donors (Lipinski definition) is 2. The van der Waals surface area contributed by atoms with E-state index in [1.165, 1.54) is 11.1 Å². The van der Waals surface area contributed by atoms with Crippen LogP contribution in [0.1, 0.15) is 31.0 Å². The Morgan fingerprint density at radius 1 is 1.22 bits per heavy atom. The van der Waals surface area contributed by atoms with Crippen LogP contribution >= 0.6 is 0 Å². The molecule has 0 radical (unpaired) electrons. The number of morpholine rings is 1. The number of hydrogen-bond acceptors (Lipinski definition) is 3. The molecule has 5 nitrogen and oxygen atoms in total. The van der Waals surface area contributed by atoms with Crippen LogP contribution in [0.25, 0.3) is 0 Å². The van der Waals surface area contributed by atoms with E-state index in [0.717, 1.165) is 38.8 Å². The number of benzene rings is 1. The van der Waals surface area contributed by atoms with Crippen LogP contribution in [-0.4, -0.2) is 56.8 Å². The van der Waals surface area contributed by atoms with E-state index in [1.54, 1.807) is 0 Å². The molecule has 0 aliphatic carbocycles. The van der Waals surface area contributed by atoms with E-state index in [-0.39, 0.29) is 0 Å². The van der Waals surface area contributed by atoms with E-state index in [1.807, 2.05) is 7.05 Å². The molecule has 1 fully saturated rings. The normalized spacial score (nSPS) is 18.0. The van der Waals surface area contributed by atoms with Gasteiger partial charge in [0.05, 0.1) is 19.3 Å². The lowest BCUT2D eigenvalue weighted by Gasteiger charge is -2.35. The van der Waals surface area contributed by atoms with Crippen molar-refractivity contribution in [1.82, 2.24) is 15.5 Å². The molecule has 1 atom stereocenters. The Bertz CT molecular complexity index is 492. The Morgan fingerprint density at radius 3 is 2.43 bits per heavy atom. The molecule has 0 saturated carbocycles. The minimum atomic E-state index is 0.324. The van der Waals surface area contributed by atoms with Crippen LogP contribution in [0, 0.1) is 6.92 Å². The Morgan fingerprint density at radius 2 is 1.87 bits per heavy atom. The largest absolute Gasteiger partial charge is 0.379 e. The number of guanidine groups is 1. The average Bonchev–Trinajstić information content (AvgIpc) is 2.56. The van der Waals surface area contributed by atoms with Crippen molar-refractivity contribution >= 4 is 5.96 Å². The zero-order chi connectivity index (χ0) is 16.7. The fraction of sp³-hybridized carbons (Fsp3) is 0.611. The highest BCUT2D eigenvalue weighted by atomic mass is 16.5. The molecule has 1 aliphatic heterocycles. The van der Waals surface area contributed by atoms with Gasteiger partial charge in [-0.1, -0.05) is 29.8 Å². The molecular formula is C18H30N4O. The summed E-state index contributed by atoms with van der Waals surface area (Å²) < 4.78 is 5.51. The lowest BCUT2D eigenvalue weighted by atomic mass is 10.0. The molecule has 1 aromatic carbocycles. The average molecular weight is 318 g/mol. The Balaban J connectivity index is 2.08. The summed E-state index contributed by atoms with van der Waals surface area (Å²) in [6, 6.07) is 9.52. The molecule has 1 heterocycles. The highest BCUT2D eigenvalue weighted by Crippen LogP contribution is 2.21. The van der Waals surface area contributed by atoms with Crippen LogP contribution in [0.5, 0.6) is 0 Å². The maximum absolute atomic E-state index is 5.51. The zero-order valence-electron chi connectivity index (χ0n) is 14.8. The van der Waals surface area contributed by atoms with Gasteiger partial charge in [0.25, 0.3) is 0 Å². The number of rotatable bonds is 5. The van der Waals surface area contributed by atoms with Crippen molar-refractivity contribution in [3.8, 4) is 0 Å². The van der Waals surface area contributed by atoms with Crippen LogP contribution in [0.15, 0.2) is 29.3 Å². The summed E-state index contributed by atoms with van der Waals surface area (Å²) in [5.74, 6) is 0.852. The SMILES string of the molecule is CN=C(NCC(c1ccc(C)cc1)N1CCOCC1)NC(C)C. The number of nitrogens with zero attached hydrogens (tertiary/aromatic N) is 2. The van der Waals surface area contributed by atoms with Crippen LogP contribution < -0.4 is 10.6 Å². The minimum Gasteiger partial charge on any atom is -0.379 e. The maximum atomic E-state index is 5.51. The second-order valence-electron chi connectivity index (χ2n) is 6.33. The van der Waals surface area contributed by atoms with Crippen LogP contribution in [0.4, 0.5) is 0 Å². The van der Waals surface area contributed by atoms with Gasteiger partial charge in [0.2, 0.25) is 0 Å².